The van der Waals surface area contributed by atoms with Crippen molar-refractivity contribution in [2.45, 2.75) is 39.7 Å². The van der Waals surface area contributed by atoms with Gasteiger partial charge >= 0.3 is 0 Å². The number of benzene rings is 1. The summed E-state index contributed by atoms with van der Waals surface area (Å²) in [6, 6.07) is 6.52. The first kappa shape index (κ1) is 17.7. The molecule has 2 aromatic rings. The lowest BCUT2D eigenvalue weighted by Gasteiger charge is -2.35. The van der Waals surface area contributed by atoms with E-state index in [0.717, 1.165) is 24.3 Å². The normalized spacial score (nSPS) is 18.5. The highest BCUT2D eigenvalue weighted by atomic mass is 16.1. The number of rotatable bonds is 5. The molecule has 1 fully saturated rings. The van der Waals surface area contributed by atoms with Crippen molar-refractivity contribution >= 4 is 5.91 Å². The summed E-state index contributed by atoms with van der Waals surface area (Å²) >= 11 is 0. The summed E-state index contributed by atoms with van der Waals surface area (Å²) in [5.41, 5.74) is 2.65. The Labute approximate surface area is 150 Å². The number of piperidine rings is 1. The van der Waals surface area contributed by atoms with Gasteiger partial charge < -0.3 is 14.8 Å². The molecule has 0 radical (unpaired) electrons. The van der Waals surface area contributed by atoms with Crippen LogP contribution in [0.25, 0.3) is 5.69 Å². The molecule has 1 aromatic carbocycles. The monoisotopic (exact) mass is 340 g/mol. The van der Waals surface area contributed by atoms with Gasteiger partial charge in [0.1, 0.15) is 0 Å². The Morgan fingerprint density at radius 2 is 2.24 bits per heavy atom. The average Bonchev–Trinajstić information content (AvgIpc) is 3.14. The van der Waals surface area contributed by atoms with Gasteiger partial charge in [-0.25, -0.2) is 4.98 Å². The van der Waals surface area contributed by atoms with Gasteiger partial charge in [0.15, 0.2) is 0 Å². The van der Waals surface area contributed by atoms with Gasteiger partial charge in [-0.2, -0.15) is 0 Å². The van der Waals surface area contributed by atoms with Crippen molar-refractivity contribution in [3.63, 3.8) is 0 Å². The molecule has 5 heteroatoms. The van der Waals surface area contributed by atoms with Crippen LogP contribution in [0.3, 0.4) is 0 Å². The third-order valence-corrected chi connectivity index (χ3v) is 5.01. The van der Waals surface area contributed by atoms with Crippen LogP contribution in [0, 0.1) is 12.8 Å². The second-order valence-corrected chi connectivity index (χ2v) is 7.30. The molecule has 5 nitrogen and oxygen atoms in total. The molecule has 1 aromatic heterocycles. The largest absolute Gasteiger partial charge is 0.352 e. The molecule has 2 heterocycles. The zero-order chi connectivity index (χ0) is 17.8. The highest BCUT2D eigenvalue weighted by Crippen LogP contribution is 2.19. The number of carbonyl (C=O) groups excluding carboxylic acids is 1. The highest BCUT2D eigenvalue weighted by molar-refractivity contribution is 5.98. The number of hydrogen-bond donors (Lipinski definition) is 1. The van der Waals surface area contributed by atoms with Gasteiger partial charge in [-0.15, -0.1) is 0 Å². The molecular formula is C20H28N4O. The highest BCUT2D eigenvalue weighted by Gasteiger charge is 2.22. The van der Waals surface area contributed by atoms with Crippen LogP contribution >= 0.6 is 0 Å². The first-order valence-corrected chi connectivity index (χ1v) is 9.16. The van der Waals surface area contributed by atoms with Crippen molar-refractivity contribution in [1.82, 2.24) is 19.8 Å². The summed E-state index contributed by atoms with van der Waals surface area (Å²) in [6.07, 6.45) is 7.71. The molecule has 1 amide bonds. The molecule has 0 bridgehead atoms. The van der Waals surface area contributed by atoms with E-state index in [2.05, 4.69) is 29.0 Å². The van der Waals surface area contributed by atoms with Crippen LogP contribution in [0.1, 0.15) is 42.6 Å². The van der Waals surface area contributed by atoms with E-state index in [1.807, 2.05) is 35.9 Å². The maximum Gasteiger partial charge on any atom is 0.253 e. The second kappa shape index (κ2) is 7.83. The lowest BCUT2D eigenvalue weighted by atomic mass is 9.96. The van der Waals surface area contributed by atoms with E-state index in [1.54, 1.807) is 12.5 Å². The fraction of sp³-hybridized carbons (Fsp3) is 0.500. The Balaban J connectivity index is 1.68. The first-order valence-electron chi connectivity index (χ1n) is 9.16. The molecule has 25 heavy (non-hydrogen) atoms. The van der Waals surface area contributed by atoms with Crippen molar-refractivity contribution in [3.05, 3.63) is 48.0 Å². The average molecular weight is 340 g/mol. The number of likely N-dealkylation sites (tertiary alicyclic amines) is 1. The number of nitrogens with one attached hydrogen (secondary N) is 1. The number of amides is 1. The third-order valence-electron chi connectivity index (χ3n) is 5.01. The SMILES string of the molecule is Cc1ccc(-n2ccnc2)c(C(=O)NCC2CCCN(C(C)C)C2)c1. The van der Waals surface area contributed by atoms with Crippen LogP contribution in [0.2, 0.25) is 0 Å². The minimum atomic E-state index is -0.00549. The van der Waals surface area contributed by atoms with Crippen LogP contribution in [-0.2, 0) is 0 Å². The van der Waals surface area contributed by atoms with E-state index in [9.17, 15) is 4.79 Å². The van der Waals surface area contributed by atoms with Crippen LogP contribution in [0.15, 0.2) is 36.9 Å². The van der Waals surface area contributed by atoms with Gasteiger partial charge in [-0.1, -0.05) is 11.6 Å². The van der Waals surface area contributed by atoms with Crippen molar-refractivity contribution in [3.8, 4) is 5.69 Å². The van der Waals surface area contributed by atoms with Gasteiger partial charge in [0.25, 0.3) is 5.91 Å². The van der Waals surface area contributed by atoms with E-state index >= 15 is 0 Å². The molecule has 1 unspecified atom stereocenters. The van der Waals surface area contributed by atoms with Gasteiger partial charge in [0.05, 0.1) is 17.6 Å². The Morgan fingerprint density at radius 3 is 2.96 bits per heavy atom. The minimum absolute atomic E-state index is 0.00549. The topological polar surface area (TPSA) is 50.2 Å². The van der Waals surface area contributed by atoms with E-state index in [-0.39, 0.29) is 5.91 Å². The maximum atomic E-state index is 12.8. The summed E-state index contributed by atoms with van der Waals surface area (Å²) in [6.45, 7) is 9.47. The maximum absolute atomic E-state index is 12.8. The Morgan fingerprint density at radius 1 is 1.40 bits per heavy atom. The molecule has 1 aliphatic rings. The number of aryl methyl sites for hydroxylation is 1. The summed E-state index contributed by atoms with van der Waals surface area (Å²) in [5.74, 6) is 0.524. The molecule has 134 valence electrons. The molecule has 0 spiro atoms. The fourth-order valence-corrected chi connectivity index (χ4v) is 3.52. The molecule has 1 saturated heterocycles. The third kappa shape index (κ3) is 4.28. The summed E-state index contributed by atoms with van der Waals surface area (Å²) in [4.78, 5) is 19.4. The lowest BCUT2D eigenvalue weighted by molar-refractivity contribution is 0.0922. The summed E-state index contributed by atoms with van der Waals surface area (Å²) in [5, 5.41) is 3.16. The Kier molecular flexibility index (Phi) is 5.53. The van der Waals surface area contributed by atoms with Gasteiger partial charge in [-0.05, 0) is 58.2 Å². The molecule has 1 atom stereocenters. The van der Waals surface area contributed by atoms with Crippen molar-refractivity contribution < 1.29 is 4.79 Å². The number of aromatic nitrogens is 2. The van der Waals surface area contributed by atoms with Crippen LogP contribution in [0.5, 0.6) is 0 Å². The Bertz CT molecular complexity index is 708. The van der Waals surface area contributed by atoms with Crippen molar-refractivity contribution in [2.75, 3.05) is 19.6 Å². The zero-order valence-corrected chi connectivity index (χ0v) is 15.4. The van der Waals surface area contributed by atoms with Crippen LogP contribution in [-0.4, -0.2) is 46.0 Å². The van der Waals surface area contributed by atoms with E-state index < -0.39 is 0 Å². The smallest absolute Gasteiger partial charge is 0.253 e. The summed E-state index contributed by atoms with van der Waals surface area (Å²) in [7, 11) is 0. The Hall–Kier alpha value is -2.14. The molecule has 0 saturated carbocycles. The number of nitrogens with zero attached hydrogens (tertiary/aromatic N) is 3. The van der Waals surface area contributed by atoms with E-state index in [0.29, 0.717) is 17.5 Å². The lowest BCUT2D eigenvalue weighted by Crippen LogP contribution is -2.43. The molecule has 1 aliphatic heterocycles. The van der Waals surface area contributed by atoms with Crippen LogP contribution in [0.4, 0.5) is 0 Å². The van der Waals surface area contributed by atoms with E-state index in [1.165, 1.54) is 19.4 Å². The first-order chi connectivity index (χ1) is 12.0. The number of carbonyl (C=O) groups is 1. The van der Waals surface area contributed by atoms with E-state index in [4.69, 9.17) is 0 Å². The molecule has 3 rings (SSSR count). The van der Waals surface area contributed by atoms with Crippen molar-refractivity contribution in [2.24, 2.45) is 5.92 Å². The predicted octanol–water partition coefficient (Wildman–Crippen LogP) is 3.03. The molecule has 0 aliphatic carbocycles. The van der Waals surface area contributed by atoms with Gasteiger partial charge in [0, 0.05) is 31.5 Å². The second-order valence-electron chi connectivity index (χ2n) is 7.30. The molecule has 1 N–H and O–H groups in total. The minimum Gasteiger partial charge on any atom is -0.352 e. The molecular weight excluding hydrogens is 312 g/mol. The van der Waals surface area contributed by atoms with Crippen molar-refractivity contribution in [1.29, 1.82) is 0 Å². The number of hydrogen-bond acceptors (Lipinski definition) is 3. The summed E-state index contributed by atoms with van der Waals surface area (Å²) < 4.78 is 1.88. The van der Waals surface area contributed by atoms with Gasteiger partial charge in [0.2, 0.25) is 0 Å². The quantitative estimate of drug-likeness (QED) is 0.910. The fourth-order valence-electron chi connectivity index (χ4n) is 3.52. The zero-order valence-electron chi connectivity index (χ0n) is 15.4. The predicted molar refractivity (Wildman–Crippen MR) is 100 cm³/mol. The standard InChI is InChI=1S/C20H28N4O/c1-15(2)23-9-4-5-17(13-23)12-22-20(25)18-11-16(3)6-7-19(18)24-10-8-21-14-24/h6-8,10-11,14-15,17H,4-5,9,12-13H2,1-3H3,(H,22,25). The number of imidazole rings is 1. The van der Waals surface area contributed by atoms with Gasteiger partial charge in [-0.3, -0.25) is 4.79 Å². The van der Waals surface area contributed by atoms with Crippen LogP contribution < -0.4 is 5.32 Å².